The summed E-state index contributed by atoms with van der Waals surface area (Å²) < 4.78 is 40.2. The lowest BCUT2D eigenvalue weighted by Gasteiger charge is -2.47. The summed E-state index contributed by atoms with van der Waals surface area (Å²) in [5.41, 5.74) is 1.70. The molecule has 4 nitrogen and oxygen atoms in total. The molecule has 2 fully saturated rings. The molecular weight excluding hydrogens is 475 g/mol. The van der Waals surface area contributed by atoms with Crippen molar-refractivity contribution in [1.29, 1.82) is 0 Å². The average Bonchev–Trinajstić information content (AvgIpc) is 2.84. The average molecular weight is 514 g/mol. The number of hydrogen-bond acceptors (Lipinski definition) is 4. The van der Waals surface area contributed by atoms with Gasteiger partial charge in [-0.05, 0) is 81.3 Å². The highest BCUT2D eigenvalue weighted by molar-refractivity contribution is 5.35. The van der Waals surface area contributed by atoms with Crippen LogP contribution in [0.2, 0.25) is 0 Å². The Morgan fingerprint density at radius 1 is 0.946 bits per heavy atom. The predicted molar refractivity (Wildman–Crippen MR) is 140 cm³/mol. The zero-order chi connectivity index (χ0) is 26.2. The van der Waals surface area contributed by atoms with Gasteiger partial charge in [-0.3, -0.25) is 4.90 Å². The van der Waals surface area contributed by atoms with Gasteiger partial charge in [-0.15, -0.1) is 0 Å². The molecule has 1 saturated heterocycles. The summed E-state index contributed by atoms with van der Waals surface area (Å²) in [5.74, 6) is 1.46. The summed E-state index contributed by atoms with van der Waals surface area (Å²) in [5, 5.41) is 5.65. The number of allylic oxidation sites excluding steroid dienone is 1. The van der Waals surface area contributed by atoms with E-state index < -0.39 is 11.7 Å². The van der Waals surface area contributed by atoms with Gasteiger partial charge in [-0.25, -0.2) is 0 Å². The summed E-state index contributed by atoms with van der Waals surface area (Å²) in [6, 6.07) is 16.6. The Bertz CT molecular complexity index is 1100. The van der Waals surface area contributed by atoms with Crippen LogP contribution < -0.4 is 10.2 Å². The molecule has 37 heavy (non-hydrogen) atoms. The molecule has 3 aliphatic rings. The van der Waals surface area contributed by atoms with E-state index in [1.165, 1.54) is 30.9 Å². The summed E-state index contributed by atoms with van der Waals surface area (Å²) in [4.78, 5) is 8.90. The van der Waals surface area contributed by atoms with Crippen molar-refractivity contribution in [3.8, 4) is 5.75 Å². The molecule has 2 heterocycles. The van der Waals surface area contributed by atoms with Crippen LogP contribution in [-0.4, -0.2) is 41.2 Å². The van der Waals surface area contributed by atoms with E-state index in [9.17, 15) is 13.2 Å². The normalized spacial score (nSPS) is 27.7. The van der Waals surface area contributed by atoms with Crippen molar-refractivity contribution in [3.05, 3.63) is 77.1 Å². The smallest absolute Gasteiger partial charge is 0.378 e. The first-order valence-electron chi connectivity index (χ1n) is 13.6. The molecule has 4 atom stereocenters. The predicted octanol–water partition coefficient (Wildman–Crippen LogP) is 6.96. The molecule has 0 aromatic heterocycles. The molecule has 0 amide bonds. The maximum atomic E-state index is 13.4. The molecular formula is C30H38F3N3O. The Kier molecular flexibility index (Phi) is 7.44. The zero-order valence-corrected chi connectivity index (χ0v) is 22.0. The number of hydrogen-bond donors (Lipinski definition) is 1. The molecule has 0 bridgehead atoms. The lowest BCUT2D eigenvalue weighted by Crippen LogP contribution is -2.55. The Balaban J connectivity index is 1.47. The lowest BCUT2D eigenvalue weighted by atomic mass is 9.76. The van der Waals surface area contributed by atoms with Crippen LogP contribution in [0.4, 0.5) is 13.2 Å². The quantitative estimate of drug-likeness (QED) is 0.452. The maximum Gasteiger partial charge on any atom is 0.416 e. The van der Waals surface area contributed by atoms with E-state index in [0.29, 0.717) is 6.04 Å². The molecule has 1 N–H and O–H groups in total. The van der Waals surface area contributed by atoms with E-state index in [1.807, 2.05) is 11.1 Å². The largest absolute Gasteiger partial charge is 0.416 e. The number of likely N-dealkylation sites (tertiary alicyclic amines) is 1. The van der Waals surface area contributed by atoms with Gasteiger partial charge in [-0.2, -0.15) is 18.2 Å². The monoisotopic (exact) mass is 513 g/mol. The van der Waals surface area contributed by atoms with Gasteiger partial charge < -0.3 is 10.2 Å². The van der Waals surface area contributed by atoms with Crippen LogP contribution in [0.25, 0.3) is 0 Å². The van der Waals surface area contributed by atoms with Gasteiger partial charge in [0.1, 0.15) is 5.82 Å². The van der Waals surface area contributed by atoms with Crippen molar-refractivity contribution in [2.75, 3.05) is 13.1 Å². The van der Waals surface area contributed by atoms with Crippen LogP contribution in [0, 0.1) is 5.92 Å². The fourth-order valence-corrected chi connectivity index (χ4v) is 6.18. The number of halogens is 3. The van der Waals surface area contributed by atoms with Gasteiger partial charge in [0.15, 0.2) is 5.75 Å². The molecule has 1 aliphatic carbocycles. The van der Waals surface area contributed by atoms with Crippen LogP contribution in [0.5, 0.6) is 5.75 Å². The zero-order valence-electron chi connectivity index (χ0n) is 22.0. The van der Waals surface area contributed by atoms with E-state index in [4.69, 9.17) is 4.84 Å². The molecule has 0 spiro atoms. The highest BCUT2D eigenvalue weighted by Gasteiger charge is 2.40. The molecule has 2 aliphatic heterocycles. The van der Waals surface area contributed by atoms with Crippen LogP contribution in [-0.2, 0) is 6.18 Å². The number of piperidine rings is 1. The van der Waals surface area contributed by atoms with Crippen molar-refractivity contribution < 1.29 is 18.0 Å². The van der Waals surface area contributed by atoms with Gasteiger partial charge in [0.05, 0.1) is 11.6 Å². The SMILES string of the molecule is CC1=C(N[C@@H]2CCCN(C3CCC3)C2)N(Oc2cccc(C(F)(F)F)c2)C(C)C(C)C1c1ccccc1. The minimum atomic E-state index is -4.42. The third-order valence-electron chi connectivity index (χ3n) is 8.63. The first-order chi connectivity index (χ1) is 17.7. The summed E-state index contributed by atoms with van der Waals surface area (Å²) in [6.45, 7) is 8.56. The third-order valence-corrected chi connectivity index (χ3v) is 8.63. The number of nitrogens with one attached hydrogen (secondary N) is 1. The fraction of sp³-hybridized carbons (Fsp3) is 0.533. The lowest BCUT2D eigenvalue weighted by molar-refractivity contribution is -0.138. The van der Waals surface area contributed by atoms with Crippen LogP contribution in [0.15, 0.2) is 66.0 Å². The molecule has 200 valence electrons. The van der Waals surface area contributed by atoms with Gasteiger partial charge in [-0.1, -0.05) is 49.7 Å². The Morgan fingerprint density at radius 3 is 2.38 bits per heavy atom. The van der Waals surface area contributed by atoms with Crippen LogP contribution in [0.3, 0.4) is 0 Å². The summed E-state index contributed by atoms with van der Waals surface area (Å²) >= 11 is 0. The van der Waals surface area contributed by atoms with E-state index in [1.54, 1.807) is 6.07 Å². The Morgan fingerprint density at radius 2 is 1.70 bits per heavy atom. The second kappa shape index (κ2) is 10.6. The van der Waals surface area contributed by atoms with Crippen molar-refractivity contribution >= 4 is 0 Å². The van der Waals surface area contributed by atoms with E-state index in [-0.39, 0.29) is 29.7 Å². The third kappa shape index (κ3) is 5.47. The maximum absolute atomic E-state index is 13.4. The second-order valence-electron chi connectivity index (χ2n) is 11.0. The number of nitrogens with zero attached hydrogens (tertiary/aromatic N) is 2. The summed E-state index contributed by atoms with van der Waals surface area (Å²) in [6.07, 6.45) is 1.67. The number of alkyl halides is 3. The standard InChI is InChI=1S/C30H38F3N3O/c1-20-22(3)36(37-27-16-7-12-24(18-27)30(31,32)33)29(21(2)28(20)23-10-5-4-6-11-23)34-25-13-9-17-35(19-25)26-14-8-15-26/h4-7,10-12,16,18,20,22,25-26,28,34H,8-9,13-15,17,19H2,1-3H3/t20?,22?,25-,28?/m1/s1. The van der Waals surface area contributed by atoms with Gasteiger partial charge in [0.25, 0.3) is 0 Å². The van der Waals surface area contributed by atoms with Gasteiger partial charge in [0, 0.05) is 24.5 Å². The molecule has 2 aromatic rings. The fourth-order valence-electron chi connectivity index (χ4n) is 6.18. The molecule has 1 saturated carbocycles. The first kappa shape index (κ1) is 26.0. The van der Waals surface area contributed by atoms with E-state index in [0.717, 1.165) is 49.5 Å². The highest BCUT2D eigenvalue weighted by Crippen LogP contribution is 2.43. The van der Waals surface area contributed by atoms with Crippen molar-refractivity contribution in [2.45, 2.75) is 83.1 Å². The first-order valence-corrected chi connectivity index (χ1v) is 13.6. The minimum absolute atomic E-state index is 0.0581. The van der Waals surface area contributed by atoms with Crippen LogP contribution in [0.1, 0.15) is 69.9 Å². The van der Waals surface area contributed by atoms with Crippen molar-refractivity contribution in [1.82, 2.24) is 15.3 Å². The Labute approximate surface area is 218 Å². The van der Waals surface area contributed by atoms with E-state index in [2.05, 4.69) is 55.3 Å². The summed E-state index contributed by atoms with van der Waals surface area (Å²) in [7, 11) is 0. The number of benzene rings is 2. The Hall–Kier alpha value is -2.67. The molecule has 3 unspecified atom stereocenters. The van der Waals surface area contributed by atoms with Crippen LogP contribution >= 0.6 is 0 Å². The molecule has 2 aromatic carbocycles. The van der Waals surface area contributed by atoms with Gasteiger partial charge in [0.2, 0.25) is 0 Å². The number of rotatable bonds is 6. The van der Waals surface area contributed by atoms with E-state index >= 15 is 0 Å². The van der Waals surface area contributed by atoms with Gasteiger partial charge >= 0.3 is 6.18 Å². The second-order valence-corrected chi connectivity index (χ2v) is 11.0. The number of hydroxylamine groups is 2. The molecule has 5 rings (SSSR count). The molecule has 0 radical (unpaired) electrons. The topological polar surface area (TPSA) is 27.7 Å². The van der Waals surface area contributed by atoms with Crippen molar-refractivity contribution in [2.24, 2.45) is 5.92 Å². The highest BCUT2D eigenvalue weighted by atomic mass is 19.4. The minimum Gasteiger partial charge on any atom is -0.378 e. The van der Waals surface area contributed by atoms with Crippen molar-refractivity contribution in [3.63, 3.8) is 0 Å². The molecule has 7 heteroatoms.